The molecule has 30 heavy (non-hydrogen) atoms. The van der Waals surface area contributed by atoms with Gasteiger partial charge in [0.25, 0.3) is 15.9 Å². The van der Waals surface area contributed by atoms with Crippen LogP contribution in [0.5, 0.6) is 11.5 Å². The van der Waals surface area contributed by atoms with Gasteiger partial charge in [-0.05, 0) is 35.7 Å². The van der Waals surface area contributed by atoms with Gasteiger partial charge in [0.1, 0.15) is 4.21 Å². The molecule has 0 saturated carbocycles. The van der Waals surface area contributed by atoms with Crippen molar-refractivity contribution >= 4 is 39.2 Å². The Balaban J connectivity index is 1.78. The summed E-state index contributed by atoms with van der Waals surface area (Å²) >= 11 is 1.08. The highest BCUT2D eigenvalue weighted by molar-refractivity contribution is 7.94. The summed E-state index contributed by atoms with van der Waals surface area (Å²) in [5, 5.41) is 5.62. The molecule has 0 unspecified atom stereocenters. The largest absolute Gasteiger partial charge is 0.493 e. The zero-order valence-corrected chi connectivity index (χ0v) is 17.8. The highest BCUT2D eigenvalue weighted by Crippen LogP contribution is 2.29. The first kappa shape index (κ1) is 21.3. The molecule has 1 aromatic heterocycles. The van der Waals surface area contributed by atoms with E-state index in [0.717, 1.165) is 11.3 Å². The summed E-state index contributed by atoms with van der Waals surface area (Å²) < 4.78 is 38.1. The van der Waals surface area contributed by atoms with E-state index in [9.17, 15) is 13.2 Å². The average molecular weight is 446 g/mol. The molecular formula is C20H19N3O5S2. The lowest BCUT2D eigenvalue weighted by Crippen LogP contribution is -2.21. The number of para-hydroxylation sites is 2. The molecule has 8 nitrogen and oxygen atoms in total. The summed E-state index contributed by atoms with van der Waals surface area (Å²) in [6.45, 7) is 0. The molecule has 1 heterocycles. The number of hydrogen-bond donors (Lipinski definition) is 2. The maximum atomic E-state index is 12.6. The number of methoxy groups -OCH3 is 2. The number of hydrogen-bond acceptors (Lipinski definition) is 7. The highest BCUT2D eigenvalue weighted by atomic mass is 32.2. The van der Waals surface area contributed by atoms with E-state index in [4.69, 9.17) is 9.47 Å². The molecule has 0 atom stereocenters. The van der Waals surface area contributed by atoms with Gasteiger partial charge in [-0.3, -0.25) is 9.52 Å². The SMILES string of the molecule is COc1cccc(/C=N/NC(=O)c2ccccc2NS(=O)(=O)c2cccs2)c1OC. The van der Waals surface area contributed by atoms with Crippen LogP contribution in [0.1, 0.15) is 15.9 Å². The lowest BCUT2D eigenvalue weighted by Gasteiger charge is -2.11. The molecule has 0 saturated heterocycles. The number of nitrogens with zero attached hydrogens (tertiary/aromatic N) is 1. The molecule has 2 N–H and O–H groups in total. The summed E-state index contributed by atoms with van der Waals surface area (Å²) in [6, 6.07) is 14.7. The molecule has 1 amide bonds. The van der Waals surface area contributed by atoms with Gasteiger partial charge in [-0.2, -0.15) is 5.10 Å². The van der Waals surface area contributed by atoms with Gasteiger partial charge in [-0.25, -0.2) is 13.8 Å². The van der Waals surface area contributed by atoms with Crippen LogP contribution in [0.15, 0.2) is 69.3 Å². The van der Waals surface area contributed by atoms with Gasteiger partial charge in [-0.15, -0.1) is 11.3 Å². The van der Waals surface area contributed by atoms with E-state index in [-0.39, 0.29) is 15.5 Å². The number of hydrazone groups is 1. The molecule has 3 rings (SSSR count). The lowest BCUT2D eigenvalue weighted by atomic mass is 10.2. The van der Waals surface area contributed by atoms with Crippen LogP contribution in [-0.4, -0.2) is 34.8 Å². The van der Waals surface area contributed by atoms with Gasteiger partial charge >= 0.3 is 0 Å². The summed E-state index contributed by atoms with van der Waals surface area (Å²) in [6.07, 6.45) is 1.41. The first-order valence-electron chi connectivity index (χ1n) is 8.66. The van der Waals surface area contributed by atoms with Crippen LogP contribution >= 0.6 is 11.3 Å². The van der Waals surface area contributed by atoms with E-state index in [1.807, 2.05) is 0 Å². The van der Waals surface area contributed by atoms with Crippen LogP contribution in [0.25, 0.3) is 0 Å². The molecule has 0 aliphatic carbocycles. The normalized spacial score (nSPS) is 11.3. The summed E-state index contributed by atoms with van der Waals surface area (Å²) in [5.41, 5.74) is 3.28. The molecule has 156 valence electrons. The summed E-state index contributed by atoms with van der Waals surface area (Å²) in [5.74, 6) is 0.431. The molecule has 0 aliphatic heterocycles. The topological polar surface area (TPSA) is 106 Å². The number of nitrogens with one attached hydrogen (secondary N) is 2. The third-order valence-corrected chi connectivity index (χ3v) is 6.74. The highest BCUT2D eigenvalue weighted by Gasteiger charge is 2.19. The van der Waals surface area contributed by atoms with Crippen molar-refractivity contribution in [3.05, 3.63) is 71.1 Å². The smallest absolute Gasteiger partial charge is 0.273 e. The molecular weight excluding hydrogens is 426 g/mol. The third kappa shape index (κ3) is 4.78. The second-order valence-electron chi connectivity index (χ2n) is 5.87. The number of amides is 1. The van der Waals surface area contributed by atoms with Crippen molar-refractivity contribution in [3.63, 3.8) is 0 Å². The quantitative estimate of drug-likeness (QED) is 0.409. The van der Waals surface area contributed by atoms with E-state index in [2.05, 4.69) is 15.2 Å². The molecule has 0 bridgehead atoms. The predicted octanol–water partition coefficient (Wildman–Crippen LogP) is 3.33. The second kappa shape index (κ2) is 9.42. The lowest BCUT2D eigenvalue weighted by molar-refractivity contribution is 0.0956. The Bertz CT molecular complexity index is 1160. The Morgan fingerprint density at radius 2 is 1.83 bits per heavy atom. The molecule has 0 radical (unpaired) electrons. The minimum absolute atomic E-state index is 0.132. The van der Waals surface area contributed by atoms with Gasteiger partial charge in [0, 0.05) is 5.56 Å². The fourth-order valence-corrected chi connectivity index (χ4v) is 4.69. The molecule has 2 aromatic carbocycles. The van der Waals surface area contributed by atoms with Crippen LogP contribution in [-0.2, 0) is 10.0 Å². The molecule has 0 fully saturated rings. The van der Waals surface area contributed by atoms with E-state index in [1.165, 1.54) is 38.6 Å². The van der Waals surface area contributed by atoms with Crippen molar-refractivity contribution in [3.8, 4) is 11.5 Å². The van der Waals surface area contributed by atoms with Gasteiger partial charge in [-0.1, -0.05) is 24.3 Å². The van der Waals surface area contributed by atoms with Crippen LogP contribution in [0.3, 0.4) is 0 Å². The number of anilines is 1. The van der Waals surface area contributed by atoms with E-state index in [0.29, 0.717) is 17.1 Å². The molecule has 10 heteroatoms. The minimum atomic E-state index is -3.79. The standard InChI is InChI=1S/C20H19N3O5S2/c1-27-17-10-5-7-14(19(17)28-2)13-21-22-20(24)15-8-3-4-9-16(15)23-30(25,26)18-11-6-12-29-18/h3-13,23H,1-2H3,(H,22,24)/b21-13+. The molecule has 3 aromatic rings. The van der Waals surface area contributed by atoms with Crippen molar-refractivity contribution in [1.29, 1.82) is 0 Å². The summed E-state index contributed by atoms with van der Waals surface area (Å²) in [4.78, 5) is 12.6. The van der Waals surface area contributed by atoms with Crippen molar-refractivity contribution in [2.24, 2.45) is 5.10 Å². The average Bonchev–Trinajstić information content (AvgIpc) is 3.29. The van der Waals surface area contributed by atoms with Crippen molar-refractivity contribution in [2.45, 2.75) is 4.21 Å². The van der Waals surface area contributed by atoms with Crippen LogP contribution in [0.4, 0.5) is 5.69 Å². The number of ether oxygens (including phenoxy) is 2. The summed E-state index contributed by atoms with van der Waals surface area (Å²) in [7, 11) is -0.760. The number of sulfonamides is 1. The number of carbonyl (C=O) groups is 1. The third-order valence-electron chi connectivity index (χ3n) is 3.98. The number of carbonyl (C=O) groups excluding carboxylic acids is 1. The van der Waals surface area contributed by atoms with E-state index >= 15 is 0 Å². The van der Waals surface area contributed by atoms with Gasteiger partial charge < -0.3 is 9.47 Å². The van der Waals surface area contributed by atoms with Crippen molar-refractivity contribution in [2.75, 3.05) is 18.9 Å². The Kier molecular flexibility index (Phi) is 6.70. The van der Waals surface area contributed by atoms with Gasteiger partial charge in [0.2, 0.25) is 0 Å². The zero-order valence-electron chi connectivity index (χ0n) is 16.2. The monoisotopic (exact) mass is 445 g/mol. The van der Waals surface area contributed by atoms with Crippen LogP contribution in [0.2, 0.25) is 0 Å². The Morgan fingerprint density at radius 1 is 1.03 bits per heavy atom. The van der Waals surface area contributed by atoms with Crippen molar-refractivity contribution in [1.82, 2.24) is 5.43 Å². The van der Waals surface area contributed by atoms with E-state index in [1.54, 1.807) is 41.8 Å². The maximum absolute atomic E-state index is 12.6. The number of rotatable bonds is 8. The van der Waals surface area contributed by atoms with Crippen molar-refractivity contribution < 1.29 is 22.7 Å². The zero-order chi connectivity index (χ0) is 21.6. The van der Waals surface area contributed by atoms with Gasteiger partial charge in [0.05, 0.1) is 31.7 Å². The first-order chi connectivity index (χ1) is 14.5. The minimum Gasteiger partial charge on any atom is -0.493 e. The predicted molar refractivity (Wildman–Crippen MR) is 116 cm³/mol. The Morgan fingerprint density at radius 3 is 2.53 bits per heavy atom. The van der Waals surface area contributed by atoms with Gasteiger partial charge in [0.15, 0.2) is 11.5 Å². The second-order valence-corrected chi connectivity index (χ2v) is 8.72. The Labute approximate surface area is 178 Å². The number of thiophene rings is 1. The first-order valence-corrected chi connectivity index (χ1v) is 11.0. The maximum Gasteiger partial charge on any atom is 0.273 e. The van der Waals surface area contributed by atoms with Crippen LogP contribution < -0.4 is 19.6 Å². The fourth-order valence-electron chi connectivity index (χ4n) is 2.62. The van der Waals surface area contributed by atoms with E-state index < -0.39 is 15.9 Å². The molecule has 0 aliphatic rings. The molecule has 0 spiro atoms. The Hall–Kier alpha value is -3.37. The fraction of sp³-hybridized carbons (Fsp3) is 0.100. The van der Waals surface area contributed by atoms with Crippen LogP contribution in [0, 0.1) is 0 Å². The number of benzene rings is 2.